The summed E-state index contributed by atoms with van der Waals surface area (Å²) in [5.41, 5.74) is 1.88. The molecule has 0 fully saturated rings. The Labute approximate surface area is 107 Å². The van der Waals surface area contributed by atoms with Crippen molar-refractivity contribution in [3.8, 4) is 5.75 Å². The van der Waals surface area contributed by atoms with E-state index in [0.717, 1.165) is 11.3 Å². The molecule has 0 aliphatic carbocycles. The van der Waals surface area contributed by atoms with Gasteiger partial charge in [-0.15, -0.1) is 0 Å². The van der Waals surface area contributed by atoms with Gasteiger partial charge in [0.25, 0.3) is 5.91 Å². The standard InChI is InChI=1S/C12H12N2O3S/c1-7-4-9(15)2-3-10(7)11(16)13-5-8-6-18-12(17)14-8/h2-4,6,15H,5H2,1H3,(H,13,16)(H,14,17). The van der Waals surface area contributed by atoms with Gasteiger partial charge in [0.15, 0.2) is 0 Å². The second-order valence-electron chi connectivity index (χ2n) is 3.86. The molecular formula is C12H12N2O3S. The fourth-order valence-electron chi connectivity index (χ4n) is 1.57. The van der Waals surface area contributed by atoms with E-state index in [0.29, 0.717) is 16.8 Å². The molecule has 0 aliphatic rings. The molecule has 0 atom stereocenters. The maximum atomic E-state index is 11.9. The van der Waals surface area contributed by atoms with Crippen LogP contribution in [0, 0.1) is 6.92 Å². The molecular weight excluding hydrogens is 252 g/mol. The first-order valence-electron chi connectivity index (χ1n) is 5.31. The smallest absolute Gasteiger partial charge is 0.304 e. The molecule has 0 saturated heterocycles. The largest absolute Gasteiger partial charge is 0.508 e. The molecule has 0 radical (unpaired) electrons. The maximum absolute atomic E-state index is 11.9. The number of aromatic hydroxyl groups is 1. The number of aryl methyl sites for hydroxylation is 1. The maximum Gasteiger partial charge on any atom is 0.304 e. The number of aromatic nitrogens is 1. The molecule has 0 unspecified atom stereocenters. The van der Waals surface area contributed by atoms with E-state index in [-0.39, 0.29) is 23.1 Å². The van der Waals surface area contributed by atoms with Crippen molar-refractivity contribution < 1.29 is 9.90 Å². The van der Waals surface area contributed by atoms with Crippen LogP contribution in [-0.2, 0) is 6.54 Å². The zero-order valence-electron chi connectivity index (χ0n) is 9.69. The highest BCUT2D eigenvalue weighted by Gasteiger charge is 2.09. The van der Waals surface area contributed by atoms with E-state index < -0.39 is 0 Å². The molecule has 1 aromatic heterocycles. The van der Waals surface area contributed by atoms with Crippen molar-refractivity contribution in [1.82, 2.24) is 10.3 Å². The number of phenols is 1. The third-order valence-corrected chi connectivity index (χ3v) is 3.18. The highest BCUT2D eigenvalue weighted by atomic mass is 32.1. The molecule has 1 aromatic carbocycles. The molecule has 1 heterocycles. The Hall–Kier alpha value is -2.08. The van der Waals surface area contributed by atoms with Gasteiger partial charge in [-0.3, -0.25) is 9.59 Å². The second kappa shape index (κ2) is 5.05. The summed E-state index contributed by atoms with van der Waals surface area (Å²) < 4.78 is 0. The van der Waals surface area contributed by atoms with Crippen molar-refractivity contribution in [3.05, 3.63) is 50.1 Å². The Morgan fingerprint density at radius 1 is 1.50 bits per heavy atom. The number of rotatable bonds is 3. The lowest BCUT2D eigenvalue weighted by molar-refractivity contribution is 0.0950. The Morgan fingerprint density at radius 2 is 2.28 bits per heavy atom. The molecule has 6 heteroatoms. The van der Waals surface area contributed by atoms with Crippen molar-refractivity contribution in [3.63, 3.8) is 0 Å². The van der Waals surface area contributed by atoms with E-state index in [9.17, 15) is 14.7 Å². The molecule has 0 spiro atoms. The van der Waals surface area contributed by atoms with Crippen LogP contribution in [0.3, 0.4) is 0 Å². The number of H-pyrrole nitrogens is 1. The van der Waals surface area contributed by atoms with Crippen LogP contribution >= 0.6 is 11.3 Å². The summed E-state index contributed by atoms with van der Waals surface area (Å²) in [6.07, 6.45) is 0. The average Bonchev–Trinajstić information content (AvgIpc) is 2.72. The minimum atomic E-state index is -0.237. The molecule has 0 bridgehead atoms. The Kier molecular flexibility index (Phi) is 3.47. The van der Waals surface area contributed by atoms with Crippen LogP contribution in [0.15, 0.2) is 28.4 Å². The van der Waals surface area contributed by atoms with Gasteiger partial charge >= 0.3 is 4.87 Å². The normalized spacial score (nSPS) is 10.3. The van der Waals surface area contributed by atoms with Crippen molar-refractivity contribution in [1.29, 1.82) is 0 Å². The van der Waals surface area contributed by atoms with Crippen molar-refractivity contribution in [2.45, 2.75) is 13.5 Å². The predicted molar refractivity (Wildman–Crippen MR) is 69.0 cm³/mol. The topological polar surface area (TPSA) is 82.2 Å². The lowest BCUT2D eigenvalue weighted by Crippen LogP contribution is -2.24. The van der Waals surface area contributed by atoms with Gasteiger partial charge in [-0.25, -0.2) is 0 Å². The van der Waals surface area contributed by atoms with Gasteiger partial charge in [0.2, 0.25) is 0 Å². The summed E-state index contributed by atoms with van der Waals surface area (Å²) in [6, 6.07) is 4.56. The van der Waals surface area contributed by atoms with Crippen molar-refractivity contribution in [2.75, 3.05) is 0 Å². The second-order valence-corrected chi connectivity index (χ2v) is 4.70. The molecule has 5 nitrogen and oxygen atoms in total. The lowest BCUT2D eigenvalue weighted by atomic mass is 10.1. The van der Waals surface area contributed by atoms with Crippen LogP contribution in [0.1, 0.15) is 21.6 Å². The number of thiazole rings is 1. The molecule has 0 saturated carbocycles. The average molecular weight is 264 g/mol. The van der Waals surface area contributed by atoms with Crippen LogP contribution in [0.5, 0.6) is 5.75 Å². The molecule has 2 aromatic rings. The quantitative estimate of drug-likeness (QED) is 0.783. The number of benzene rings is 1. The fourth-order valence-corrected chi connectivity index (χ4v) is 2.16. The van der Waals surface area contributed by atoms with E-state index >= 15 is 0 Å². The summed E-state index contributed by atoms with van der Waals surface area (Å²) in [7, 11) is 0. The summed E-state index contributed by atoms with van der Waals surface area (Å²) in [5.74, 6) is -0.106. The Balaban J connectivity index is 2.06. The first-order chi connectivity index (χ1) is 8.56. The summed E-state index contributed by atoms with van der Waals surface area (Å²) in [5, 5.41) is 13.6. The number of aromatic amines is 1. The van der Waals surface area contributed by atoms with Crippen LogP contribution in [0.4, 0.5) is 0 Å². The number of phenolic OH excluding ortho intramolecular Hbond substituents is 1. The highest BCUT2D eigenvalue weighted by Crippen LogP contribution is 2.15. The van der Waals surface area contributed by atoms with Crippen LogP contribution in [0.2, 0.25) is 0 Å². The van der Waals surface area contributed by atoms with Crippen molar-refractivity contribution in [2.24, 2.45) is 0 Å². The van der Waals surface area contributed by atoms with Crippen LogP contribution in [-0.4, -0.2) is 16.0 Å². The Bertz CT molecular complexity index is 630. The minimum absolute atomic E-state index is 0.131. The van der Waals surface area contributed by atoms with E-state index in [4.69, 9.17) is 0 Å². The van der Waals surface area contributed by atoms with Gasteiger partial charge in [0.05, 0.1) is 6.54 Å². The monoisotopic (exact) mass is 264 g/mol. The van der Waals surface area contributed by atoms with Crippen LogP contribution < -0.4 is 10.2 Å². The number of amides is 1. The lowest BCUT2D eigenvalue weighted by Gasteiger charge is -2.06. The fraction of sp³-hybridized carbons (Fsp3) is 0.167. The number of nitrogens with one attached hydrogen (secondary N) is 2. The van der Waals surface area contributed by atoms with Gasteiger partial charge in [0, 0.05) is 16.6 Å². The Morgan fingerprint density at radius 3 is 2.89 bits per heavy atom. The van der Waals surface area contributed by atoms with E-state index in [1.807, 2.05) is 0 Å². The molecule has 3 N–H and O–H groups in total. The van der Waals surface area contributed by atoms with Crippen LogP contribution in [0.25, 0.3) is 0 Å². The zero-order chi connectivity index (χ0) is 13.1. The van der Waals surface area contributed by atoms with Crippen molar-refractivity contribution >= 4 is 17.2 Å². The zero-order valence-corrected chi connectivity index (χ0v) is 10.5. The third-order valence-electron chi connectivity index (χ3n) is 2.46. The third kappa shape index (κ3) is 2.78. The SMILES string of the molecule is Cc1cc(O)ccc1C(=O)NCc1csc(=O)[nH]1. The van der Waals surface area contributed by atoms with Gasteiger partial charge in [-0.2, -0.15) is 0 Å². The number of hydrogen-bond acceptors (Lipinski definition) is 4. The van der Waals surface area contributed by atoms with E-state index in [1.54, 1.807) is 18.4 Å². The molecule has 18 heavy (non-hydrogen) atoms. The molecule has 1 amide bonds. The molecule has 2 rings (SSSR count). The summed E-state index contributed by atoms with van der Waals surface area (Å²) in [6.45, 7) is 2.03. The van der Waals surface area contributed by atoms with Gasteiger partial charge in [-0.05, 0) is 30.7 Å². The predicted octanol–water partition coefficient (Wildman–Crippen LogP) is 1.38. The number of hydrogen-bond donors (Lipinski definition) is 3. The number of carbonyl (C=O) groups excluding carboxylic acids is 1. The highest BCUT2D eigenvalue weighted by molar-refractivity contribution is 7.07. The summed E-state index contributed by atoms with van der Waals surface area (Å²) in [4.78, 5) is 25.3. The van der Waals surface area contributed by atoms with Gasteiger partial charge in [-0.1, -0.05) is 11.3 Å². The van der Waals surface area contributed by atoms with E-state index in [1.165, 1.54) is 12.1 Å². The van der Waals surface area contributed by atoms with Gasteiger partial charge < -0.3 is 15.4 Å². The first kappa shape index (κ1) is 12.4. The molecule has 0 aliphatic heterocycles. The first-order valence-corrected chi connectivity index (χ1v) is 6.19. The van der Waals surface area contributed by atoms with Gasteiger partial charge in [0.1, 0.15) is 5.75 Å². The molecule has 94 valence electrons. The number of carbonyl (C=O) groups is 1. The summed E-state index contributed by atoms with van der Waals surface area (Å²) >= 11 is 1.06. The minimum Gasteiger partial charge on any atom is -0.508 e. The van der Waals surface area contributed by atoms with E-state index in [2.05, 4.69) is 10.3 Å².